The lowest BCUT2D eigenvalue weighted by Crippen LogP contribution is -2.45. The van der Waals surface area contributed by atoms with Crippen molar-refractivity contribution in [2.75, 3.05) is 19.6 Å². The van der Waals surface area contributed by atoms with Crippen LogP contribution in [0.5, 0.6) is 0 Å². The number of amides is 1. The van der Waals surface area contributed by atoms with Gasteiger partial charge in [-0.05, 0) is 29.5 Å². The Bertz CT molecular complexity index is 926. The van der Waals surface area contributed by atoms with Gasteiger partial charge in [-0.1, -0.05) is 72.8 Å². The molecule has 3 aliphatic rings. The summed E-state index contributed by atoms with van der Waals surface area (Å²) in [5, 5.41) is 0. The van der Waals surface area contributed by atoms with E-state index in [0.717, 1.165) is 31.5 Å². The maximum absolute atomic E-state index is 12.7. The summed E-state index contributed by atoms with van der Waals surface area (Å²) >= 11 is 0. The molecule has 1 aliphatic carbocycles. The molecule has 3 heteroatoms. The first-order valence-electron chi connectivity index (χ1n) is 9.64. The summed E-state index contributed by atoms with van der Waals surface area (Å²) in [6, 6.07) is 21.3. The minimum Gasteiger partial charge on any atom is -0.337 e. The highest BCUT2D eigenvalue weighted by atomic mass is 16.2. The minimum atomic E-state index is -0.202. The van der Waals surface area contributed by atoms with Crippen LogP contribution in [0.25, 0.3) is 0 Å². The third-order valence-electron chi connectivity index (χ3n) is 6.01. The molecule has 2 aromatic rings. The van der Waals surface area contributed by atoms with E-state index in [1.54, 1.807) is 0 Å². The van der Waals surface area contributed by atoms with E-state index in [4.69, 9.17) is 0 Å². The van der Waals surface area contributed by atoms with Gasteiger partial charge in [0.05, 0.1) is 6.54 Å². The van der Waals surface area contributed by atoms with E-state index in [1.807, 2.05) is 4.90 Å². The third kappa shape index (κ3) is 2.57. The van der Waals surface area contributed by atoms with Gasteiger partial charge in [0.2, 0.25) is 0 Å². The summed E-state index contributed by atoms with van der Waals surface area (Å²) in [6.07, 6.45) is 6.39. The fourth-order valence-corrected chi connectivity index (χ4v) is 4.37. The predicted molar refractivity (Wildman–Crippen MR) is 108 cm³/mol. The number of allylic oxidation sites excluding steroid dienone is 2. The van der Waals surface area contributed by atoms with Gasteiger partial charge in [0.15, 0.2) is 0 Å². The van der Waals surface area contributed by atoms with E-state index in [1.165, 1.54) is 16.7 Å². The molecule has 0 saturated carbocycles. The summed E-state index contributed by atoms with van der Waals surface area (Å²) in [6.45, 7) is 2.36. The summed E-state index contributed by atoms with van der Waals surface area (Å²) in [7, 11) is 0. The molecule has 0 bridgehead atoms. The van der Waals surface area contributed by atoms with Crippen LogP contribution in [0.4, 0.5) is 0 Å². The lowest BCUT2D eigenvalue weighted by Gasteiger charge is -2.36. The molecule has 3 nitrogen and oxygen atoms in total. The molecule has 0 aromatic heterocycles. The quantitative estimate of drug-likeness (QED) is 0.822. The van der Waals surface area contributed by atoms with Crippen LogP contribution in [0.2, 0.25) is 0 Å². The van der Waals surface area contributed by atoms with Crippen molar-refractivity contribution < 1.29 is 4.79 Å². The standard InChI is InChI=1S/C24H22N2O/c27-23(26-14-7-15-26)22-21-12-13-24(16-18(21)17-25-22,19-8-3-1-4-9-19)20-10-5-2-6-11-20/h1-6,8-13H,7,14-17H2. The van der Waals surface area contributed by atoms with E-state index in [0.29, 0.717) is 12.3 Å². The summed E-state index contributed by atoms with van der Waals surface area (Å²) < 4.78 is 0. The molecule has 1 saturated heterocycles. The van der Waals surface area contributed by atoms with Gasteiger partial charge in [-0.15, -0.1) is 0 Å². The van der Waals surface area contributed by atoms with Gasteiger partial charge in [0.1, 0.15) is 5.71 Å². The number of benzene rings is 2. The smallest absolute Gasteiger partial charge is 0.272 e. The van der Waals surface area contributed by atoms with Crippen LogP contribution in [0.3, 0.4) is 0 Å². The highest BCUT2D eigenvalue weighted by Crippen LogP contribution is 2.44. The molecule has 0 unspecified atom stereocenters. The van der Waals surface area contributed by atoms with Crippen molar-refractivity contribution in [2.24, 2.45) is 4.99 Å². The molecule has 0 N–H and O–H groups in total. The monoisotopic (exact) mass is 354 g/mol. The van der Waals surface area contributed by atoms with Gasteiger partial charge < -0.3 is 4.90 Å². The third-order valence-corrected chi connectivity index (χ3v) is 6.01. The fraction of sp³-hybridized carbons (Fsp3) is 0.250. The first-order valence-corrected chi connectivity index (χ1v) is 9.64. The molecule has 134 valence electrons. The highest BCUT2D eigenvalue weighted by molar-refractivity contribution is 6.47. The Morgan fingerprint density at radius 1 is 0.926 bits per heavy atom. The van der Waals surface area contributed by atoms with E-state index >= 15 is 0 Å². The number of hydrogen-bond donors (Lipinski definition) is 0. The zero-order valence-electron chi connectivity index (χ0n) is 15.3. The van der Waals surface area contributed by atoms with E-state index in [2.05, 4.69) is 77.8 Å². The van der Waals surface area contributed by atoms with Crippen molar-refractivity contribution in [1.82, 2.24) is 4.90 Å². The average Bonchev–Trinajstić information content (AvgIpc) is 3.11. The zero-order chi connectivity index (χ0) is 18.3. The highest BCUT2D eigenvalue weighted by Gasteiger charge is 2.39. The Hall–Kier alpha value is -2.94. The molecule has 0 spiro atoms. The molecule has 5 rings (SSSR count). The second-order valence-electron chi connectivity index (χ2n) is 7.54. The first kappa shape index (κ1) is 16.2. The second-order valence-corrected chi connectivity index (χ2v) is 7.54. The molecule has 2 aromatic carbocycles. The zero-order valence-corrected chi connectivity index (χ0v) is 15.3. The fourth-order valence-electron chi connectivity index (χ4n) is 4.37. The topological polar surface area (TPSA) is 32.7 Å². The maximum atomic E-state index is 12.7. The maximum Gasteiger partial charge on any atom is 0.272 e. The minimum absolute atomic E-state index is 0.0998. The van der Waals surface area contributed by atoms with Crippen LogP contribution < -0.4 is 0 Å². The Morgan fingerprint density at radius 2 is 1.56 bits per heavy atom. The molecule has 0 radical (unpaired) electrons. The number of carbonyl (C=O) groups is 1. The van der Waals surface area contributed by atoms with Gasteiger partial charge in [-0.25, -0.2) is 0 Å². The van der Waals surface area contributed by atoms with Crippen molar-refractivity contribution >= 4 is 11.6 Å². The van der Waals surface area contributed by atoms with Gasteiger partial charge in [-0.3, -0.25) is 9.79 Å². The molecule has 1 amide bonds. The number of aliphatic imine (C=N–C) groups is 1. The van der Waals surface area contributed by atoms with Crippen LogP contribution in [0, 0.1) is 0 Å². The summed E-state index contributed by atoms with van der Waals surface area (Å²) in [4.78, 5) is 19.2. The van der Waals surface area contributed by atoms with Crippen LogP contribution in [-0.4, -0.2) is 36.2 Å². The van der Waals surface area contributed by atoms with Crippen LogP contribution >= 0.6 is 0 Å². The van der Waals surface area contributed by atoms with Crippen LogP contribution in [0.1, 0.15) is 24.0 Å². The average molecular weight is 354 g/mol. The van der Waals surface area contributed by atoms with Crippen molar-refractivity contribution in [3.63, 3.8) is 0 Å². The second kappa shape index (κ2) is 6.34. The van der Waals surface area contributed by atoms with E-state index < -0.39 is 0 Å². The normalized spacial score (nSPS) is 20.1. The Balaban J connectivity index is 1.54. The van der Waals surface area contributed by atoms with Crippen molar-refractivity contribution in [2.45, 2.75) is 18.3 Å². The van der Waals surface area contributed by atoms with Crippen LogP contribution in [0.15, 0.2) is 89.0 Å². The molecule has 0 atom stereocenters. The predicted octanol–water partition coefficient (Wildman–Crippen LogP) is 3.92. The molecular weight excluding hydrogens is 332 g/mol. The Morgan fingerprint density at radius 3 is 2.11 bits per heavy atom. The molecule has 2 aliphatic heterocycles. The van der Waals surface area contributed by atoms with Crippen molar-refractivity contribution in [3.05, 3.63) is 95.1 Å². The van der Waals surface area contributed by atoms with Gasteiger partial charge in [-0.2, -0.15) is 0 Å². The first-order chi connectivity index (χ1) is 13.3. The number of nitrogens with zero attached hydrogens (tertiary/aromatic N) is 2. The van der Waals surface area contributed by atoms with Gasteiger partial charge >= 0.3 is 0 Å². The van der Waals surface area contributed by atoms with Crippen molar-refractivity contribution in [3.8, 4) is 0 Å². The number of hydrogen-bond acceptors (Lipinski definition) is 2. The number of carbonyl (C=O) groups excluding carboxylic acids is 1. The lowest BCUT2D eigenvalue weighted by atomic mass is 9.67. The number of rotatable bonds is 3. The molecular formula is C24H22N2O. The van der Waals surface area contributed by atoms with Gasteiger partial charge in [0.25, 0.3) is 5.91 Å². The Labute approximate surface area is 159 Å². The lowest BCUT2D eigenvalue weighted by molar-refractivity contribution is -0.127. The van der Waals surface area contributed by atoms with E-state index in [9.17, 15) is 4.79 Å². The molecule has 1 fully saturated rings. The Kier molecular flexibility index (Phi) is 3.82. The SMILES string of the molecule is O=C(C1=NCC2=C1C=CC(c1ccccc1)(c1ccccc1)C2)N1CCC1. The molecule has 2 heterocycles. The van der Waals surface area contributed by atoms with Crippen molar-refractivity contribution in [1.29, 1.82) is 0 Å². The van der Waals surface area contributed by atoms with E-state index in [-0.39, 0.29) is 11.3 Å². The molecule has 27 heavy (non-hydrogen) atoms. The van der Waals surface area contributed by atoms with Gasteiger partial charge in [0, 0.05) is 24.1 Å². The summed E-state index contributed by atoms with van der Waals surface area (Å²) in [5.74, 6) is 0.0998. The largest absolute Gasteiger partial charge is 0.337 e. The summed E-state index contributed by atoms with van der Waals surface area (Å²) in [5.41, 5.74) is 5.34. The van der Waals surface area contributed by atoms with Crippen LogP contribution in [-0.2, 0) is 10.2 Å². The number of likely N-dealkylation sites (tertiary alicyclic amines) is 1.